The molecule has 0 unspecified atom stereocenters. The van der Waals surface area contributed by atoms with Crippen molar-refractivity contribution in [3.63, 3.8) is 0 Å². The molecule has 3 saturated heterocycles. The van der Waals surface area contributed by atoms with Gasteiger partial charge in [-0.1, -0.05) is 12.1 Å². The number of ether oxygens (including phenoxy) is 1. The highest BCUT2D eigenvalue weighted by atomic mass is 32.2. The summed E-state index contributed by atoms with van der Waals surface area (Å²) in [6.07, 6.45) is 3.98. The van der Waals surface area contributed by atoms with Crippen LogP contribution in [0.25, 0.3) is 11.0 Å². The summed E-state index contributed by atoms with van der Waals surface area (Å²) < 4.78 is 34.7. The van der Waals surface area contributed by atoms with Gasteiger partial charge in [-0.25, -0.2) is 9.71 Å². The van der Waals surface area contributed by atoms with Crippen LogP contribution in [-0.4, -0.2) is 68.1 Å². The van der Waals surface area contributed by atoms with Gasteiger partial charge < -0.3 is 9.64 Å². The van der Waals surface area contributed by atoms with Crippen LogP contribution in [0.15, 0.2) is 30.5 Å². The molecule has 4 atom stereocenters. The zero-order valence-corrected chi connectivity index (χ0v) is 16.9. The highest BCUT2D eigenvalue weighted by molar-refractivity contribution is 7.87. The summed E-state index contributed by atoms with van der Waals surface area (Å²) in [6, 6.07) is 7.86. The van der Waals surface area contributed by atoms with Crippen molar-refractivity contribution >= 4 is 27.1 Å². The van der Waals surface area contributed by atoms with Crippen molar-refractivity contribution < 1.29 is 13.2 Å². The third-order valence-electron chi connectivity index (χ3n) is 6.53. The van der Waals surface area contributed by atoms with E-state index >= 15 is 0 Å². The molecule has 3 fully saturated rings. The van der Waals surface area contributed by atoms with Gasteiger partial charge in [-0.05, 0) is 25.0 Å². The lowest BCUT2D eigenvalue weighted by Crippen LogP contribution is -2.44. The molecule has 3 aliphatic heterocycles. The average molecular weight is 404 g/mol. The number of hydrogen-bond acceptors (Lipinski definition) is 6. The molecule has 1 aromatic heterocycles. The van der Waals surface area contributed by atoms with Crippen molar-refractivity contribution in [3.05, 3.63) is 30.5 Å². The van der Waals surface area contributed by atoms with Crippen LogP contribution in [0.2, 0.25) is 0 Å². The van der Waals surface area contributed by atoms with Gasteiger partial charge in [0.15, 0.2) is 0 Å². The molecule has 1 N–H and O–H groups in total. The Morgan fingerprint density at radius 3 is 2.89 bits per heavy atom. The lowest BCUT2D eigenvalue weighted by atomic mass is 9.74. The molecule has 0 radical (unpaired) electrons. The fraction of sp³-hybridized carbons (Fsp3) is 0.579. The third-order valence-corrected chi connectivity index (χ3v) is 8.02. The van der Waals surface area contributed by atoms with Gasteiger partial charge in [0.2, 0.25) is 0 Å². The number of anilines is 1. The topological polar surface area (TPSA) is 87.7 Å². The Labute approximate surface area is 165 Å². The molecule has 3 aliphatic rings. The number of aromatic nitrogens is 2. The van der Waals surface area contributed by atoms with Crippen molar-refractivity contribution in [1.82, 2.24) is 19.0 Å². The van der Waals surface area contributed by atoms with Crippen molar-refractivity contribution in [3.8, 4) is 0 Å². The molecule has 1 aromatic carbocycles. The minimum absolute atomic E-state index is 0.139. The van der Waals surface area contributed by atoms with Crippen molar-refractivity contribution in [1.29, 1.82) is 0 Å². The summed E-state index contributed by atoms with van der Waals surface area (Å²) in [5.74, 6) is 1.34. The molecule has 0 amide bonds. The first-order chi connectivity index (χ1) is 13.4. The van der Waals surface area contributed by atoms with E-state index in [0.717, 1.165) is 42.8 Å². The van der Waals surface area contributed by atoms with E-state index in [1.165, 1.54) is 18.4 Å². The van der Waals surface area contributed by atoms with Gasteiger partial charge >= 0.3 is 0 Å². The SMILES string of the molecule is CN(C)S(=O)(=O)NC[C@H]1[C@H]2CN(c3cnc4ccccc4n3)C[C@]23CC[C@H]1O3. The van der Waals surface area contributed by atoms with Crippen LogP contribution in [0.5, 0.6) is 0 Å². The van der Waals surface area contributed by atoms with Gasteiger partial charge in [0.05, 0.1) is 28.9 Å². The monoisotopic (exact) mass is 403 g/mol. The molecule has 0 saturated carbocycles. The van der Waals surface area contributed by atoms with Crippen LogP contribution >= 0.6 is 0 Å². The minimum atomic E-state index is -3.43. The van der Waals surface area contributed by atoms with Gasteiger partial charge in [-0.15, -0.1) is 0 Å². The molecule has 1 spiro atoms. The number of rotatable bonds is 5. The standard InChI is InChI=1S/C19H25N5O3S/c1-23(2)28(25,26)21-9-13-14-11-24(12-19(14)8-7-17(13)27-19)18-10-20-15-5-3-4-6-16(15)22-18/h3-6,10,13-14,17,21H,7-9,11-12H2,1-2H3/t13-,14+,17+,19+/m0/s1. The van der Waals surface area contributed by atoms with Crippen LogP contribution in [0.4, 0.5) is 5.82 Å². The molecule has 9 heteroatoms. The molecule has 28 heavy (non-hydrogen) atoms. The zero-order chi connectivity index (χ0) is 19.5. The second-order valence-electron chi connectivity index (χ2n) is 8.26. The first kappa shape index (κ1) is 18.2. The number of para-hydroxylation sites is 2. The van der Waals surface area contributed by atoms with Gasteiger partial charge in [-0.3, -0.25) is 4.98 Å². The summed E-state index contributed by atoms with van der Waals surface area (Å²) in [5.41, 5.74) is 1.58. The van der Waals surface area contributed by atoms with E-state index in [1.807, 2.05) is 30.5 Å². The molecule has 8 nitrogen and oxygen atoms in total. The summed E-state index contributed by atoms with van der Waals surface area (Å²) in [7, 11) is -0.355. The summed E-state index contributed by atoms with van der Waals surface area (Å²) >= 11 is 0. The Balaban J connectivity index is 1.37. The first-order valence-electron chi connectivity index (χ1n) is 9.70. The fourth-order valence-corrected chi connectivity index (χ4v) is 5.73. The molecule has 0 aliphatic carbocycles. The van der Waals surface area contributed by atoms with Crippen LogP contribution in [0.3, 0.4) is 0 Å². The lowest BCUT2D eigenvalue weighted by Gasteiger charge is -2.29. The Morgan fingerprint density at radius 1 is 1.32 bits per heavy atom. The Bertz CT molecular complexity index is 1010. The van der Waals surface area contributed by atoms with Crippen molar-refractivity contribution in [2.45, 2.75) is 24.5 Å². The summed E-state index contributed by atoms with van der Waals surface area (Å²) in [5, 5.41) is 0. The third kappa shape index (κ3) is 2.80. The lowest BCUT2D eigenvalue weighted by molar-refractivity contribution is 0.0142. The molecule has 150 valence electrons. The van der Waals surface area contributed by atoms with Gasteiger partial charge in [0.1, 0.15) is 5.82 Å². The van der Waals surface area contributed by atoms with E-state index < -0.39 is 10.2 Å². The molecular formula is C19H25N5O3S. The molecular weight excluding hydrogens is 378 g/mol. The minimum Gasteiger partial charge on any atom is -0.369 e. The van der Waals surface area contributed by atoms with E-state index in [2.05, 4.69) is 14.6 Å². The Kier molecular flexibility index (Phi) is 4.13. The molecule has 2 aromatic rings. The van der Waals surface area contributed by atoms with Crippen LogP contribution in [0.1, 0.15) is 12.8 Å². The maximum absolute atomic E-state index is 12.1. The number of fused-ring (bicyclic) bond motifs is 2. The van der Waals surface area contributed by atoms with Gasteiger partial charge in [-0.2, -0.15) is 12.7 Å². The largest absolute Gasteiger partial charge is 0.369 e. The zero-order valence-electron chi connectivity index (χ0n) is 16.1. The maximum Gasteiger partial charge on any atom is 0.278 e. The second kappa shape index (κ2) is 6.35. The highest BCUT2D eigenvalue weighted by Crippen LogP contribution is 2.55. The predicted molar refractivity (Wildman–Crippen MR) is 106 cm³/mol. The number of hydrogen-bond donors (Lipinski definition) is 1. The molecule has 5 rings (SSSR count). The first-order valence-corrected chi connectivity index (χ1v) is 11.1. The van der Waals surface area contributed by atoms with Crippen LogP contribution in [0, 0.1) is 11.8 Å². The number of nitrogens with zero attached hydrogens (tertiary/aromatic N) is 4. The maximum atomic E-state index is 12.1. The van der Waals surface area contributed by atoms with Crippen LogP contribution < -0.4 is 9.62 Å². The van der Waals surface area contributed by atoms with E-state index in [9.17, 15) is 8.42 Å². The average Bonchev–Trinajstić information content (AvgIpc) is 3.34. The second-order valence-corrected chi connectivity index (χ2v) is 10.2. The van der Waals surface area contributed by atoms with E-state index in [-0.39, 0.29) is 17.6 Å². The fourth-order valence-electron chi connectivity index (χ4n) is 5.07. The Morgan fingerprint density at radius 2 is 2.11 bits per heavy atom. The van der Waals surface area contributed by atoms with Crippen molar-refractivity contribution in [2.24, 2.45) is 11.8 Å². The van der Waals surface area contributed by atoms with E-state index in [4.69, 9.17) is 9.72 Å². The van der Waals surface area contributed by atoms with Gasteiger partial charge in [0.25, 0.3) is 10.2 Å². The summed E-state index contributed by atoms with van der Waals surface area (Å²) in [6.45, 7) is 2.02. The highest BCUT2D eigenvalue weighted by Gasteiger charge is 2.63. The van der Waals surface area contributed by atoms with E-state index in [0.29, 0.717) is 12.5 Å². The quantitative estimate of drug-likeness (QED) is 0.802. The summed E-state index contributed by atoms with van der Waals surface area (Å²) in [4.78, 5) is 11.6. The normalized spacial score (nSPS) is 31.8. The van der Waals surface area contributed by atoms with Crippen LogP contribution in [-0.2, 0) is 14.9 Å². The van der Waals surface area contributed by atoms with Crippen molar-refractivity contribution in [2.75, 3.05) is 38.6 Å². The number of nitrogens with one attached hydrogen (secondary N) is 1. The Hall–Kier alpha value is -1.81. The smallest absolute Gasteiger partial charge is 0.278 e. The molecule has 4 heterocycles. The van der Waals surface area contributed by atoms with E-state index in [1.54, 1.807) is 0 Å². The van der Waals surface area contributed by atoms with Gasteiger partial charge in [0, 0.05) is 45.6 Å². The predicted octanol–water partition coefficient (Wildman–Crippen LogP) is 1.01. The molecule has 2 bridgehead atoms. The number of benzene rings is 1.